The fraction of sp³-hybridized carbons (Fsp3) is 0.571. The van der Waals surface area contributed by atoms with E-state index in [1.165, 1.54) is 15.8 Å². The normalized spacial score (nSPS) is 23.0. The molecule has 3 amide bonds. The van der Waals surface area contributed by atoms with E-state index in [1.807, 2.05) is 0 Å². The Morgan fingerprint density at radius 3 is 2.52 bits per heavy atom. The minimum Gasteiger partial charge on any atom is -0.438 e. The van der Waals surface area contributed by atoms with Crippen LogP contribution in [-0.2, 0) is 17.3 Å². The van der Waals surface area contributed by atoms with Crippen molar-refractivity contribution < 1.29 is 36.3 Å². The summed E-state index contributed by atoms with van der Waals surface area (Å²) in [4.78, 5) is 31.9. The number of aryl methyl sites for hydroxylation is 1. The molecule has 3 aromatic rings. The fourth-order valence-electron chi connectivity index (χ4n) is 6.39. The summed E-state index contributed by atoms with van der Waals surface area (Å²) in [5, 5.41) is 9.26. The van der Waals surface area contributed by atoms with E-state index in [-0.39, 0.29) is 56.4 Å². The van der Waals surface area contributed by atoms with Gasteiger partial charge in [-0.05, 0) is 55.4 Å². The minimum absolute atomic E-state index is 0.161. The Labute approximate surface area is 238 Å². The number of urea groups is 1. The van der Waals surface area contributed by atoms with Gasteiger partial charge in [-0.25, -0.2) is 27.3 Å². The van der Waals surface area contributed by atoms with Gasteiger partial charge < -0.3 is 24.7 Å². The van der Waals surface area contributed by atoms with Gasteiger partial charge in [-0.2, -0.15) is 5.10 Å². The topological polar surface area (TPSA) is 115 Å². The van der Waals surface area contributed by atoms with E-state index in [2.05, 4.69) is 20.7 Å². The molecule has 1 unspecified atom stereocenters. The highest BCUT2D eigenvalue weighted by atomic mass is 19.3. The molecule has 2 N–H and O–H groups in total. The highest BCUT2D eigenvalue weighted by molar-refractivity contribution is 5.92. The number of aromatic nitrogens is 3. The number of nitrogens with zero attached hydrogens (tertiary/aromatic N) is 4. The highest BCUT2D eigenvalue weighted by Crippen LogP contribution is 2.44. The molecule has 1 aliphatic carbocycles. The zero-order chi connectivity index (χ0) is 29.7. The largest absolute Gasteiger partial charge is 0.438 e. The first-order valence-electron chi connectivity index (χ1n) is 14.1. The Hall–Kier alpha value is -3.68. The summed E-state index contributed by atoms with van der Waals surface area (Å²) in [6, 6.07) is 5.29. The summed E-state index contributed by atoms with van der Waals surface area (Å²) in [6.07, 6.45) is 1.80. The number of ether oxygens (including phenoxy) is 1. The Kier molecular flexibility index (Phi) is 7.14. The molecule has 3 fully saturated rings. The first-order valence-corrected chi connectivity index (χ1v) is 14.1. The average molecular weight is 593 g/mol. The van der Waals surface area contributed by atoms with Crippen LogP contribution >= 0.6 is 0 Å². The number of carbonyl (C=O) groups is 2. The Balaban J connectivity index is 1.36. The molecule has 14 heteroatoms. The number of fused-ring (bicyclic) bond motifs is 1. The van der Waals surface area contributed by atoms with Crippen LogP contribution in [0.2, 0.25) is 0 Å². The van der Waals surface area contributed by atoms with Gasteiger partial charge in [-0.1, -0.05) is 6.07 Å². The van der Waals surface area contributed by atoms with Crippen molar-refractivity contribution in [1.82, 2.24) is 30.3 Å². The third-order valence-electron chi connectivity index (χ3n) is 8.75. The van der Waals surface area contributed by atoms with Gasteiger partial charge >= 0.3 is 6.03 Å². The molecule has 2 aliphatic heterocycles. The molecule has 4 heterocycles. The maximum Gasteiger partial charge on any atom is 0.318 e. The van der Waals surface area contributed by atoms with Gasteiger partial charge in [0.15, 0.2) is 5.58 Å². The molecular formula is C28H32F4N6O4. The minimum atomic E-state index is -3.10. The summed E-state index contributed by atoms with van der Waals surface area (Å²) in [5.74, 6) is -6.50. The monoisotopic (exact) mass is 592 g/mol. The number of benzene rings is 1. The number of hydrogen-bond acceptors (Lipinski definition) is 6. The van der Waals surface area contributed by atoms with E-state index < -0.39 is 48.5 Å². The van der Waals surface area contributed by atoms with Crippen molar-refractivity contribution in [2.45, 2.75) is 62.0 Å². The van der Waals surface area contributed by atoms with Crippen LogP contribution in [0.5, 0.6) is 0 Å². The second-order valence-corrected chi connectivity index (χ2v) is 11.5. The molecular weight excluding hydrogens is 560 g/mol. The van der Waals surface area contributed by atoms with Crippen LogP contribution in [0, 0.1) is 5.92 Å². The van der Waals surface area contributed by atoms with Gasteiger partial charge in [0.1, 0.15) is 17.3 Å². The maximum atomic E-state index is 14.5. The van der Waals surface area contributed by atoms with Crippen LogP contribution in [0.4, 0.5) is 22.4 Å². The molecule has 2 saturated heterocycles. The lowest BCUT2D eigenvalue weighted by Gasteiger charge is -2.49. The van der Waals surface area contributed by atoms with Gasteiger partial charge in [-0.3, -0.25) is 9.48 Å². The summed E-state index contributed by atoms with van der Waals surface area (Å²) < 4.78 is 70.0. The molecule has 0 radical (unpaired) electrons. The van der Waals surface area contributed by atoms with E-state index in [1.54, 1.807) is 31.3 Å². The SMILES string of the molecule is Cn1nccc1C(=O)NC(c1nc2cc(C3(N4CC(F)(F)CNC4=O)CCOCC3)ccc2o1)C1CCC(F)(F)CC1. The molecule has 42 heavy (non-hydrogen) atoms. The number of oxazole rings is 1. The first kappa shape index (κ1) is 28.4. The van der Waals surface area contributed by atoms with E-state index in [9.17, 15) is 27.2 Å². The van der Waals surface area contributed by atoms with Crippen LogP contribution in [0.25, 0.3) is 11.1 Å². The second kappa shape index (κ2) is 10.5. The van der Waals surface area contributed by atoms with Crippen molar-refractivity contribution in [2.75, 3.05) is 26.3 Å². The summed E-state index contributed by atoms with van der Waals surface area (Å²) in [6.45, 7) is -0.882. The predicted molar refractivity (Wildman–Crippen MR) is 141 cm³/mol. The quantitative estimate of drug-likeness (QED) is 0.407. The molecule has 1 atom stereocenters. The number of alkyl halides is 4. The molecule has 1 saturated carbocycles. The molecule has 3 aliphatic rings. The fourth-order valence-corrected chi connectivity index (χ4v) is 6.39. The smallest absolute Gasteiger partial charge is 0.318 e. The van der Waals surface area contributed by atoms with Gasteiger partial charge in [0.05, 0.1) is 18.6 Å². The van der Waals surface area contributed by atoms with Gasteiger partial charge in [0.25, 0.3) is 11.8 Å². The Morgan fingerprint density at radius 1 is 1.10 bits per heavy atom. The summed E-state index contributed by atoms with van der Waals surface area (Å²) in [5.41, 5.74) is 0.627. The van der Waals surface area contributed by atoms with Crippen molar-refractivity contribution in [3.63, 3.8) is 0 Å². The number of nitrogens with one attached hydrogen (secondary N) is 2. The number of rotatable bonds is 6. The predicted octanol–water partition coefficient (Wildman–Crippen LogP) is 4.52. The number of halogens is 4. The zero-order valence-corrected chi connectivity index (χ0v) is 23.0. The van der Waals surface area contributed by atoms with Crippen LogP contribution < -0.4 is 10.6 Å². The van der Waals surface area contributed by atoms with Crippen molar-refractivity contribution in [3.05, 3.63) is 47.6 Å². The zero-order valence-electron chi connectivity index (χ0n) is 23.0. The van der Waals surface area contributed by atoms with Crippen LogP contribution in [0.1, 0.15) is 66.5 Å². The van der Waals surface area contributed by atoms with Crippen molar-refractivity contribution in [1.29, 1.82) is 0 Å². The van der Waals surface area contributed by atoms with E-state index >= 15 is 0 Å². The van der Waals surface area contributed by atoms with Crippen LogP contribution in [0.3, 0.4) is 0 Å². The highest BCUT2D eigenvalue weighted by Gasteiger charge is 2.50. The van der Waals surface area contributed by atoms with E-state index in [4.69, 9.17) is 9.15 Å². The molecule has 6 rings (SSSR count). The van der Waals surface area contributed by atoms with E-state index in [0.717, 1.165) is 0 Å². The van der Waals surface area contributed by atoms with Crippen molar-refractivity contribution in [3.8, 4) is 0 Å². The third-order valence-corrected chi connectivity index (χ3v) is 8.75. The molecule has 0 spiro atoms. The molecule has 0 bridgehead atoms. The van der Waals surface area contributed by atoms with Gasteiger partial charge in [-0.15, -0.1) is 0 Å². The molecule has 226 valence electrons. The number of carbonyl (C=O) groups excluding carboxylic acids is 2. The lowest BCUT2D eigenvalue weighted by molar-refractivity contribution is -0.0868. The lowest BCUT2D eigenvalue weighted by Crippen LogP contribution is -2.64. The first-order chi connectivity index (χ1) is 20.0. The maximum absolute atomic E-state index is 14.5. The van der Waals surface area contributed by atoms with Crippen LogP contribution in [-0.4, -0.2) is 69.8 Å². The number of amides is 3. The van der Waals surface area contributed by atoms with E-state index in [0.29, 0.717) is 29.5 Å². The van der Waals surface area contributed by atoms with Gasteiger partial charge in [0.2, 0.25) is 11.8 Å². The Morgan fingerprint density at radius 2 is 1.83 bits per heavy atom. The van der Waals surface area contributed by atoms with Crippen molar-refractivity contribution >= 4 is 23.0 Å². The van der Waals surface area contributed by atoms with Crippen LogP contribution in [0.15, 0.2) is 34.9 Å². The van der Waals surface area contributed by atoms with Gasteiger partial charge in [0, 0.05) is 39.3 Å². The summed E-state index contributed by atoms with van der Waals surface area (Å²) >= 11 is 0. The van der Waals surface area contributed by atoms with Crippen molar-refractivity contribution in [2.24, 2.45) is 13.0 Å². The standard InChI is InChI=1S/C28H32F4N6O4/c1-37-20(6-11-34-37)23(39)36-22(17-4-7-27(29,30)8-5-17)24-35-19-14-18(2-3-21(19)42-24)26(9-12-41-13-10-26)38-16-28(31,32)15-33-25(38)40/h2-3,6,11,14,17,22H,4-5,7-10,12-13,15-16H2,1H3,(H,33,40)(H,36,39). The average Bonchev–Trinajstić information content (AvgIpc) is 3.59. The number of hydrogen-bond donors (Lipinski definition) is 2. The second-order valence-electron chi connectivity index (χ2n) is 11.5. The molecule has 2 aromatic heterocycles. The lowest BCUT2D eigenvalue weighted by atomic mass is 9.80. The molecule has 10 nitrogen and oxygen atoms in total. The summed E-state index contributed by atoms with van der Waals surface area (Å²) in [7, 11) is 1.62. The third kappa shape index (κ3) is 5.32. The molecule has 1 aromatic carbocycles. The Bertz CT molecular complexity index is 1470.